The summed E-state index contributed by atoms with van der Waals surface area (Å²) in [5.41, 5.74) is 2.88. The first-order valence-electron chi connectivity index (χ1n) is 13.7. The van der Waals surface area contributed by atoms with Crippen LogP contribution in [0.15, 0.2) is 97.6 Å². The van der Waals surface area contributed by atoms with Crippen molar-refractivity contribution in [1.29, 1.82) is 0 Å². The highest BCUT2D eigenvalue weighted by atomic mass is 16.5. The van der Waals surface area contributed by atoms with Crippen molar-refractivity contribution in [1.82, 2.24) is 25.1 Å². The smallest absolute Gasteiger partial charge is 0.332 e. The lowest BCUT2D eigenvalue weighted by Crippen LogP contribution is -2.66. The zero-order valence-electron chi connectivity index (χ0n) is 23.2. The molecule has 0 unspecified atom stereocenters. The summed E-state index contributed by atoms with van der Waals surface area (Å²) < 4.78 is 5.28. The van der Waals surface area contributed by atoms with Crippen molar-refractivity contribution in [2.24, 2.45) is 0 Å². The summed E-state index contributed by atoms with van der Waals surface area (Å²) in [6.45, 7) is 5.04. The number of carbonyl (C=O) groups excluding carboxylic acids is 3. The zero-order valence-corrected chi connectivity index (χ0v) is 23.2. The van der Waals surface area contributed by atoms with Crippen LogP contribution in [-0.4, -0.2) is 76.6 Å². The summed E-state index contributed by atoms with van der Waals surface area (Å²) in [7, 11) is 1.61. The summed E-state index contributed by atoms with van der Waals surface area (Å²) in [6, 6.07) is 25.9. The van der Waals surface area contributed by atoms with Crippen LogP contribution in [-0.2, 0) is 29.1 Å². The lowest BCUT2D eigenvalue weighted by Gasteiger charge is -2.46. The first-order valence-corrected chi connectivity index (χ1v) is 13.7. The van der Waals surface area contributed by atoms with E-state index in [0.29, 0.717) is 19.5 Å². The van der Waals surface area contributed by atoms with Crippen LogP contribution in [0.5, 0.6) is 5.75 Å². The third-order valence-electron chi connectivity index (χ3n) is 7.50. The predicted octanol–water partition coefficient (Wildman–Crippen LogP) is 3.43. The van der Waals surface area contributed by atoms with E-state index in [9.17, 15) is 14.4 Å². The zero-order chi connectivity index (χ0) is 28.8. The third kappa shape index (κ3) is 6.25. The van der Waals surface area contributed by atoms with Gasteiger partial charge in [-0.15, -0.1) is 6.58 Å². The van der Waals surface area contributed by atoms with Crippen molar-refractivity contribution >= 4 is 17.8 Å². The number of fused-ring (bicyclic) bond motifs is 1. The molecule has 0 aliphatic carbocycles. The Labute approximate surface area is 240 Å². The van der Waals surface area contributed by atoms with Crippen molar-refractivity contribution in [3.8, 4) is 5.75 Å². The summed E-state index contributed by atoms with van der Waals surface area (Å²) >= 11 is 0. The number of nitrogens with one attached hydrogen (secondary N) is 1. The van der Waals surface area contributed by atoms with E-state index in [2.05, 4.69) is 11.9 Å². The molecule has 2 aliphatic rings. The van der Waals surface area contributed by atoms with E-state index in [-0.39, 0.29) is 37.5 Å². The highest BCUT2D eigenvalue weighted by Crippen LogP contribution is 2.30. The Kier molecular flexibility index (Phi) is 8.64. The van der Waals surface area contributed by atoms with Gasteiger partial charge in [-0.3, -0.25) is 14.6 Å². The van der Waals surface area contributed by atoms with E-state index in [1.165, 1.54) is 5.01 Å². The van der Waals surface area contributed by atoms with E-state index in [4.69, 9.17) is 4.74 Å². The molecule has 0 radical (unpaired) electrons. The summed E-state index contributed by atoms with van der Waals surface area (Å²) in [5, 5.41) is 6.27. The van der Waals surface area contributed by atoms with Gasteiger partial charge in [0.05, 0.1) is 26.7 Å². The molecule has 2 aliphatic heterocycles. The van der Waals surface area contributed by atoms with Crippen molar-refractivity contribution in [2.45, 2.75) is 31.7 Å². The van der Waals surface area contributed by atoms with Crippen molar-refractivity contribution in [3.05, 3.63) is 114 Å². The van der Waals surface area contributed by atoms with Crippen LogP contribution in [0.3, 0.4) is 0 Å². The fraction of sp³-hybridized carbons (Fsp3) is 0.281. The Bertz CT molecular complexity index is 1370. The second kappa shape index (κ2) is 12.7. The fourth-order valence-electron chi connectivity index (χ4n) is 5.47. The van der Waals surface area contributed by atoms with Gasteiger partial charge in [-0.2, -0.15) is 5.01 Å². The lowest BCUT2D eigenvalue weighted by molar-refractivity contribution is -0.157. The third-order valence-corrected chi connectivity index (χ3v) is 7.50. The largest absolute Gasteiger partial charge is 0.497 e. The number of carbonyl (C=O) groups is 3. The summed E-state index contributed by atoms with van der Waals surface area (Å²) in [4.78, 5) is 44.4. The van der Waals surface area contributed by atoms with Gasteiger partial charge in [-0.1, -0.05) is 78.9 Å². The lowest BCUT2D eigenvalue weighted by atomic mass is 10.00. The molecule has 2 heterocycles. The molecule has 0 spiro atoms. The summed E-state index contributed by atoms with van der Waals surface area (Å²) in [5.74, 6) is 0.444. The maximum absolute atomic E-state index is 13.9. The van der Waals surface area contributed by atoms with Crippen LogP contribution in [0.25, 0.3) is 0 Å². The summed E-state index contributed by atoms with van der Waals surface area (Å²) in [6.07, 6.45) is 1.52. The quantitative estimate of drug-likeness (QED) is 0.389. The number of hydrogen-bond donors (Lipinski definition) is 1. The molecule has 9 nitrogen and oxygen atoms in total. The van der Waals surface area contributed by atoms with Crippen LogP contribution >= 0.6 is 0 Å². The maximum atomic E-state index is 13.9. The minimum absolute atomic E-state index is 0.00773. The standard InChI is InChI=1S/C32H35N5O4/c1-3-18-35(32(40)33-20-25-12-8-5-9-13-25)36-23-30(38)37-28(19-24-10-6-4-7-11-24)31(39)34(22-29(36)37)21-26-14-16-27(41-2)17-15-26/h3-17,28-29H,1,18-23H2,2H3,(H,33,40)/t28-,29+/m0/s1. The fourth-order valence-corrected chi connectivity index (χ4v) is 5.47. The van der Waals surface area contributed by atoms with Crippen molar-refractivity contribution in [2.75, 3.05) is 26.7 Å². The Morgan fingerprint density at radius 1 is 0.976 bits per heavy atom. The van der Waals surface area contributed by atoms with Crippen LogP contribution < -0.4 is 10.1 Å². The van der Waals surface area contributed by atoms with E-state index in [1.807, 2.05) is 84.9 Å². The maximum Gasteiger partial charge on any atom is 0.332 e. The Hall–Kier alpha value is -4.63. The molecule has 0 saturated carbocycles. The molecule has 2 atom stereocenters. The van der Waals surface area contributed by atoms with Gasteiger partial charge in [0.25, 0.3) is 0 Å². The van der Waals surface area contributed by atoms with Gasteiger partial charge in [0, 0.05) is 19.5 Å². The van der Waals surface area contributed by atoms with Gasteiger partial charge in [0.2, 0.25) is 11.8 Å². The molecular formula is C32H35N5O4. The molecule has 1 N–H and O–H groups in total. The number of hydrazine groups is 1. The molecule has 3 aromatic carbocycles. The van der Waals surface area contributed by atoms with Gasteiger partial charge < -0.3 is 19.9 Å². The van der Waals surface area contributed by atoms with Crippen LogP contribution in [0.1, 0.15) is 16.7 Å². The van der Waals surface area contributed by atoms with Crippen molar-refractivity contribution in [3.63, 3.8) is 0 Å². The van der Waals surface area contributed by atoms with Crippen LogP contribution in [0.2, 0.25) is 0 Å². The molecule has 9 heteroatoms. The average Bonchev–Trinajstić information content (AvgIpc) is 3.33. The van der Waals surface area contributed by atoms with E-state index in [0.717, 1.165) is 22.4 Å². The number of rotatable bonds is 10. The normalized spacial score (nSPS) is 18.7. The number of piperazine rings is 1. The van der Waals surface area contributed by atoms with Gasteiger partial charge in [0.15, 0.2) is 0 Å². The predicted molar refractivity (Wildman–Crippen MR) is 155 cm³/mol. The number of nitrogens with zero attached hydrogens (tertiary/aromatic N) is 4. The van der Waals surface area contributed by atoms with Gasteiger partial charge in [-0.05, 0) is 28.8 Å². The first-order chi connectivity index (χ1) is 20.0. The second-order valence-corrected chi connectivity index (χ2v) is 10.2. The number of amides is 4. The average molecular weight is 554 g/mol. The monoisotopic (exact) mass is 553 g/mol. The molecule has 5 rings (SSSR count). The SMILES string of the molecule is C=CCN(C(=O)NCc1ccccc1)N1CC(=O)N2[C@@H](Cc3ccccc3)C(=O)N(Cc3ccc(OC)cc3)C[C@@H]21. The van der Waals surface area contributed by atoms with Crippen LogP contribution in [0, 0.1) is 0 Å². The Balaban J connectivity index is 1.42. The number of ether oxygens (including phenoxy) is 1. The highest BCUT2D eigenvalue weighted by molar-refractivity contribution is 5.91. The first kappa shape index (κ1) is 27.9. The Morgan fingerprint density at radius 3 is 2.27 bits per heavy atom. The van der Waals surface area contributed by atoms with Crippen LogP contribution in [0.4, 0.5) is 4.79 Å². The molecule has 2 fully saturated rings. The minimum atomic E-state index is -0.690. The molecule has 3 aromatic rings. The van der Waals surface area contributed by atoms with Gasteiger partial charge >= 0.3 is 6.03 Å². The molecule has 212 valence electrons. The number of benzene rings is 3. The molecule has 0 bridgehead atoms. The van der Waals surface area contributed by atoms with Crippen molar-refractivity contribution < 1.29 is 19.1 Å². The molecular weight excluding hydrogens is 518 g/mol. The second-order valence-electron chi connectivity index (χ2n) is 10.2. The highest BCUT2D eigenvalue weighted by Gasteiger charge is 2.52. The van der Waals surface area contributed by atoms with E-state index >= 15 is 0 Å². The number of urea groups is 1. The molecule has 2 saturated heterocycles. The topological polar surface area (TPSA) is 85.4 Å². The minimum Gasteiger partial charge on any atom is -0.497 e. The molecule has 41 heavy (non-hydrogen) atoms. The van der Waals surface area contributed by atoms with Gasteiger partial charge in [-0.25, -0.2) is 4.79 Å². The molecule has 0 aromatic heterocycles. The van der Waals surface area contributed by atoms with E-state index in [1.54, 1.807) is 28.0 Å². The number of methoxy groups -OCH3 is 1. The Morgan fingerprint density at radius 2 is 1.63 bits per heavy atom. The number of hydrogen-bond acceptors (Lipinski definition) is 5. The van der Waals surface area contributed by atoms with Gasteiger partial charge in [0.1, 0.15) is 18.0 Å². The molecule has 4 amide bonds. The van der Waals surface area contributed by atoms with E-state index < -0.39 is 12.2 Å².